The third kappa shape index (κ3) is 5.27. The average molecular weight is 307 g/mol. The average Bonchev–Trinajstić information content (AvgIpc) is 2.41. The highest BCUT2D eigenvalue weighted by Crippen LogP contribution is 2.23. The Morgan fingerprint density at radius 3 is 2.81 bits per heavy atom. The van der Waals surface area contributed by atoms with E-state index in [2.05, 4.69) is 12.2 Å². The topological polar surface area (TPSA) is 46.2 Å². The van der Waals surface area contributed by atoms with Crippen LogP contribution in [0.15, 0.2) is 24.3 Å². The molecule has 0 unspecified atom stereocenters. The van der Waals surface area contributed by atoms with Crippen LogP contribution in [0.3, 0.4) is 0 Å². The van der Waals surface area contributed by atoms with Gasteiger partial charge in [0, 0.05) is 22.6 Å². The van der Waals surface area contributed by atoms with Gasteiger partial charge in [-0.25, -0.2) is 0 Å². The highest BCUT2D eigenvalue weighted by atomic mass is 32.2. The molecule has 3 nitrogen and oxygen atoms in total. The van der Waals surface area contributed by atoms with Crippen LogP contribution in [0.25, 0.3) is 0 Å². The van der Waals surface area contributed by atoms with Crippen LogP contribution in [0.5, 0.6) is 0 Å². The molecule has 3 atom stereocenters. The second-order valence-corrected chi connectivity index (χ2v) is 7.61. The van der Waals surface area contributed by atoms with Gasteiger partial charge in [-0.05, 0) is 31.2 Å². The molecule has 1 N–H and O–H groups in total. The smallest absolute Gasteiger partial charge is 0.232 e. The Morgan fingerprint density at radius 1 is 1.33 bits per heavy atom. The maximum absolute atomic E-state index is 12.1. The van der Waals surface area contributed by atoms with E-state index in [1.165, 1.54) is 19.3 Å². The van der Waals surface area contributed by atoms with Crippen LogP contribution in [0, 0.1) is 12.8 Å². The summed E-state index contributed by atoms with van der Waals surface area (Å²) >= 11 is 0. The molecule has 21 heavy (non-hydrogen) atoms. The molecular formula is C17H25NO2S. The van der Waals surface area contributed by atoms with Gasteiger partial charge >= 0.3 is 0 Å². The predicted octanol–water partition coefficient (Wildman–Crippen LogP) is 2.94. The summed E-state index contributed by atoms with van der Waals surface area (Å²) in [6, 6.07) is 8.24. The van der Waals surface area contributed by atoms with E-state index >= 15 is 0 Å². The van der Waals surface area contributed by atoms with Gasteiger partial charge in [-0.15, -0.1) is 0 Å². The summed E-state index contributed by atoms with van der Waals surface area (Å²) in [6.07, 6.45) is 4.67. The van der Waals surface area contributed by atoms with E-state index < -0.39 is 10.8 Å². The van der Waals surface area contributed by atoms with Crippen LogP contribution in [-0.4, -0.2) is 21.9 Å². The van der Waals surface area contributed by atoms with Crippen LogP contribution in [-0.2, 0) is 21.3 Å². The largest absolute Gasteiger partial charge is 0.352 e. The maximum Gasteiger partial charge on any atom is 0.232 e. The first-order valence-electron chi connectivity index (χ1n) is 7.74. The van der Waals surface area contributed by atoms with E-state index in [9.17, 15) is 9.00 Å². The first-order valence-corrected chi connectivity index (χ1v) is 9.23. The summed E-state index contributed by atoms with van der Waals surface area (Å²) in [5, 5.41) is 3.06. The van der Waals surface area contributed by atoms with Gasteiger partial charge in [-0.2, -0.15) is 0 Å². The van der Waals surface area contributed by atoms with E-state index in [-0.39, 0.29) is 17.7 Å². The zero-order valence-electron chi connectivity index (χ0n) is 12.9. The van der Waals surface area contributed by atoms with Crippen molar-refractivity contribution in [2.75, 3.05) is 5.75 Å². The normalized spacial score (nSPS) is 23.5. The summed E-state index contributed by atoms with van der Waals surface area (Å²) in [5.74, 6) is 1.03. The number of nitrogens with one attached hydrogen (secondary N) is 1. The number of amides is 1. The van der Waals surface area contributed by atoms with Crippen molar-refractivity contribution in [2.45, 2.75) is 51.3 Å². The third-order valence-electron chi connectivity index (χ3n) is 4.16. The Labute approximate surface area is 130 Å². The molecule has 116 valence electrons. The van der Waals surface area contributed by atoms with Crippen LogP contribution in [0.1, 0.15) is 43.7 Å². The molecule has 0 aromatic heterocycles. The number of carbonyl (C=O) groups is 1. The quantitative estimate of drug-likeness (QED) is 0.909. The lowest BCUT2D eigenvalue weighted by Gasteiger charge is -2.29. The van der Waals surface area contributed by atoms with Crippen LogP contribution < -0.4 is 5.32 Å². The highest BCUT2D eigenvalue weighted by Gasteiger charge is 2.23. The maximum atomic E-state index is 12.1. The first-order chi connectivity index (χ1) is 10.0. The zero-order chi connectivity index (χ0) is 15.2. The molecule has 0 bridgehead atoms. The van der Waals surface area contributed by atoms with Crippen LogP contribution in [0.4, 0.5) is 0 Å². The van der Waals surface area contributed by atoms with Crippen molar-refractivity contribution in [1.29, 1.82) is 0 Å². The van der Waals surface area contributed by atoms with Crippen molar-refractivity contribution in [3.63, 3.8) is 0 Å². The summed E-state index contributed by atoms with van der Waals surface area (Å²) in [7, 11) is -1.14. The summed E-state index contributed by atoms with van der Waals surface area (Å²) in [5.41, 5.74) is 2.19. The number of carbonyl (C=O) groups excluding carboxylic acids is 1. The minimum atomic E-state index is -1.14. The van der Waals surface area contributed by atoms with Gasteiger partial charge in [0.15, 0.2) is 0 Å². The molecule has 1 aromatic carbocycles. The molecule has 0 spiro atoms. The summed E-state index contributed by atoms with van der Waals surface area (Å²) in [6.45, 7) is 4.21. The van der Waals surface area contributed by atoms with Crippen molar-refractivity contribution in [2.24, 2.45) is 5.92 Å². The van der Waals surface area contributed by atoms with Gasteiger partial charge < -0.3 is 5.32 Å². The van der Waals surface area contributed by atoms with E-state index in [0.29, 0.717) is 11.7 Å². The number of benzene rings is 1. The molecule has 1 fully saturated rings. The standard InChI is InChI=1S/C17H25NO2S/c1-13-6-5-8-15(10-13)11-21(20)12-17(19)18-16-9-4-3-7-14(16)2/h5-6,8,10,14,16H,3-4,7,9,11-12H2,1-2H3,(H,18,19)/t14-,16-,21+/m0/s1. The second-order valence-electron chi connectivity index (χ2n) is 6.15. The van der Waals surface area contributed by atoms with Gasteiger partial charge in [0.1, 0.15) is 5.75 Å². The third-order valence-corrected chi connectivity index (χ3v) is 5.40. The van der Waals surface area contributed by atoms with Crippen LogP contribution >= 0.6 is 0 Å². The van der Waals surface area contributed by atoms with Gasteiger partial charge in [-0.1, -0.05) is 49.6 Å². The summed E-state index contributed by atoms with van der Waals surface area (Å²) < 4.78 is 12.1. The molecular weight excluding hydrogens is 282 g/mol. The molecule has 0 heterocycles. The lowest BCUT2D eigenvalue weighted by atomic mass is 9.86. The fourth-order valence-corrected chi connectivity index (χ4v) is 3.99. The fourth-order valence-electron chi connectivity index (χ4n) is 2.96. The lowest BCUT2D eigenvalue weighted by Crippen LogP contribution is -2.42. The van der Waals surface area contributed by atoms with E-state index in [0.717, 1.165) is 17.5 Å². The molecule has 1 aromatic rings. The van der Waals surface area contributed by atoms with Crippen molar-refractivity contribution in [3.8, 4) is 0 Å². The van der Waals surface area contributed by atoms with E-state index in [4.69, 9.17) is 0 Å². The SMILES string of the molecule is Cc1cccc(C[S@@](=O)CC(=O)N[C@H]2CCCC[C@@H]2C)c1. The van der Waals surface area contributed by atoms with Gasteiger partial charge in [-0.3, -0.25) is 9.00 Å². The van der Waals surface area contributed by atoms with Crippen LogP contribution in [0.2, 0.25) is 0 Å². The van der Waals surface area contributed by atoms with Crippen molar-refractivity contribution >= 4 is 16.7 Å². The summed E-state index contributed by atoms with van der Waals surface area (Å²) in [4.78, 5) is 12.0. The first kappa shape index (κ1) is 16.2. The second kappa shape index (κ2) is 7.74. The van der Waals surface area contributed by atoms with Crippen molar-refractivity contribution in [3.05, 3.63) is 35.4 Å². The molecule has 2 rings (SSSR count). The number of hydrogen-bond donors (Lipinski definition) is 1. The monoisotopic (exact) mass is 307 g/mol. The van der Waals surface area contributed by atoms with Gasteiger partial charge in [0.25, 0.3) is 0 Å². The molecule has 0 saturated heterocycles. The number of aryl methyl sites for hydroxylation is 1. The number of hydrogen-bond acceptors (Lipinski definition) is 2. The Bertz CT molecular complexity index is 515. The highest BCUT2D eigenvalue weighted by molar-refractivity contribution is 7.84. The minimum absolute atomic E-state index is 0.0697. The van der Waals surface area contributed by atoms with E-state index in [1.807, 2.05) is 31.2 Å². The van der Waals surface area contributed by atoms with Gasteiger partial charge in [0.2, 0.25) is 5.91 Å². The van der Waals surface area contributed by atoms with E-state index in [1.54, 1.807) is 0 Å². The molecule has 0 radical (unpaired) electrons. The van der Waals surface area contributed by atoms with Crippen molar-refractivity contribution < 1.29 is 9.00 Å². The Hall–Kier alpha value is -1.16. The molecule has 1 saturated carbocycles. The molecule has 4 heteroatoms. The zero-order valence-corrected chi connectivity index (χ0v) is 13.7. The molecule has 1 amide bonds. The minimum Gasteiger partial charge on any atom is -0.352 e. The van der Waals surface area contributed by atoms with Crippen molar-refractivity contribution in [1.82, 2.24) is 5.32 Å². The fraction of sp³-hybridized carbons (Fsp3) is 0.588. The predicted molar refractivity (Wildman–Crippen MR) is 87.5 cm³/mol. The Morgan fingerprint density at radius 2 is 2.10 bits per heavy atom. The lowest BCUT2D eigenvalue weighted by molar-refractivity contribution is -0.119. The molecule has 0 aliphatic heterocycles. The molecule has 1 aliphatic rings. The Balaban J connectivity index is 1.80. The number of rotatable bonds is 5. The Kier molecular flexibility index (Phi) is 5.97. The van der Waals surface area contributed by atoms with Gasteiger partial charge in [0.05, 0.1) is 0 Å². The molecule has 1 aliphatic carbocycles.